The fourth-order valence-electron chi connectivity index (χ4n) is 3.11. The smallest absolute Gasteiger partial charge is 0.408 e. The van der Waals surface area contributed by atoms with Crippen molar-refractivity contribution >= 4 is 12.4 Å². The molecule has 0 unspecified atom stereocenters. The molecule has 1 fully saturated rings. The van der Waals surface area contributed by atoms with Crippen LogP contribution in [0, 0.1) is 0 Å². The van der Waals surface area contributed by atoms with Crippen molar-refractivity contribution in [3.8, 4) is 11.5 Å². The summed E-state index contributed by atoms with van der Waals surface area (Å²) in [5.74, 6) is -0.0762. The molecule has 0 amide bonds. The molecule has 0 saturated carbocycles. The minimum atomic E-state index is -4.47. The predicted octanol–water partition coefficient (Wildman–Crippen LogP) is 3.90. The predicted molar refractivity (Wildman–Crippen MR) is 99.4 cm³/mol. The molecular weight excluding hydrogens is 381 g/mol. The number of benzene rings is 2. The van der Waals surface area contributed by atoms with Crippen LogP contribution in [-0.2, 0) is 6.61 Å². The normalized spacial score (nSPS) is 16.4. The first-order valence-corrected chi connectivity index (χ1v) is 8.46. The van der Waals surface area contributed by atoms with Crippen molar-refractivity contribution in [3.63, 3.8) is 0 Å². The summed E-state index contributed by atoms with van der Waals surface area (Å²) in [7, 11) is 0. The first-order chi connectivity index (χ1) is 12.4. The van der Waals surface area contributed by atoms with Crippen molar-refractivity contribution < 1.29 is 23.0 Å². The van der Waals surface area contributed by atoms with Gasteiger partial charge in [0.2, 0.25) is 0 Å². The highest BCUT2D eigenvalue weighted by molar-refractivity contribution is 5.85. The summed E-state index contributed by atoms with van der Waals surface area (Å²) in [5, 5.41) is 13.3. The quantitative estimate of drug-likeness (QED) is 0.796. The van der Waals surface area contributed by atoms with Gasteiger partial charge in [-0.1, -0.05) is 30.3 Å². The van der Waals surface area contributed by atoms with Crippen molar-refractivity contribution in [2.75, 3.05) is 26.2 Å². The van der Waals surface area contributed by atoms with E-state index in [0.717, 1.165) is 5.56 Å². The van der Waals surface area contributed by atoms with Crippen LogP contribution in [0.3, 0.4) is 0 Å². The molecule has 0 aromatic heterocycles. The standard InChI is InChI=1S/C19H21F3N2O2.ClH/c20-19(21,22)18(24-10-8-23-9-11-24)16-7-6-15(12-17(16)25)26-13-14-4-2-1-3-5-14;/h1-7,12,18,23,25H,8-11,13H2;1H/t18-;/m0./s1. The Labute approximate surface area is 162 Å². The van der Waals surface area contributed by atoms with Gasteiger partial charge < -0.3 is 15.2 Å². The molecule has 1 atom stereocenters. The zero-order valence-electron chi connectivity index (χ0n) is 14.6. The van der Waals surface area contributed by atoms with Crippen molar-refractivity contribution in [1.82, 2.24) is 10.2 Å². The number of hydrogen-bond acceptors (Lipinski definition) is 4. The second-order valence-corrected chi connectivity index (χ2v) is 6.23. The van der Waals surface area contributed by atoms with Crippen molar-refractivity contribution in [1.29, 1.82) is 0 Å². The van der Waals surface area contributed by atoms with Crippen LogP contribution in [0.1, 0.15) is 17.2 Å². The van der Waals surface area contributed by atoms with Gasteiger partial charge in [0.25, 0.3) is 0 Å². The van der Waals surface area contributed by atoms with Crippen LogP contribution < -0.4 is 10.1 Å². The largest absolute Gasteiger partial charge is 0.507 e. The molecule has 148 valence electrons. The average Bonchev–Trinajstić information content (AvgIpc) is 2.62. The molecule has 0 aliphatic carbocycles. The summed E-state index contributed by atoms with van der Waals surface area (Å²) in [6.07, 6.45) is -4.47. The molecule has 0 spiro atoms. The van der Waals surface area contributed by atoms with Gasteiger partial charge in [0.05, 0.1) is 0 Å². The van der Waals surface area contributed by atoms with E-state index in [1.807, 2.05) is 30.3 Å². The molecule has 1 aliphatic rings. The van der Waals surface area contributed by atoms with E-state index >= 15 is 0 Å². The number of alkyl halides is 3. The maximum atomic E-state index is 13.6. The number of aromatic hydroxyl groups is 1. The first-order valence-electron chi connectivity index (χ1n) is 8.46. The maximum Gasteiger partial charge on any atom is 0.408 e. The lowest BCUT2D eigenvalue weighted by atomic mass is 10.0. The lowest BCUT2D eigenvalue weighted by molar-refractivity contribution is -0.188. The van der Waals surface area contributed by atoms with Crippen molar-refractivity contribution in [2.24, 2.45) is 0 Å². The van der Waals surface area contributed by atoms with Gasteiger partial charge in [0.1, 0.15) is 24.1 Å². The second-order valence-electron chi connectivity index (χ2n) is 6.23. The van der Waals surface area contributed by atoms with E-state index in [0.29, 0.717) is 18.8 Å². The number of nitrogens with zero attached hydrogens (tertiary/aromatic N) is 1. The lowest BCUT2D eigenvalue weighted by Crippen LogP contribution is -2.49. The Hall–Kier alpha value is -1.96. The highest BCUT2D eigenvalue weighted by Gasteiger charge is 2.46. The fraction of sp³-hybridized carbons (Fsp3) is 0.368. The van der Waals surface area contributed by atoms with Crippen LogP contribution in [0.2, 0.25) is 0 Å². The van der Waals surface area contributed by atoms with Gasteiger partial charge in [-0.15, -0.1) is 12.4 Å². The van der Waals surface area contributed by atoms with Crippen LogP contribution in [0.25, 0.3) is 0 Å². The highest BCUT2D eigenvalue weighted by atomic mass is 35.5. The molecule has 0 radical (unpaired) electrons. The van der Waals surface area contributed by atoms with E-state index in [2.05, 4.69) is 5.32 Å². The third-order valence-corrected chi connectivity index (χ3v) is 4.37. The van der Waals surface area contributed by atoms with Gasteiger partial charge in [-0.2, -0.15) is 13.2 Å². The Bertz CT molecular complexity index is 723. The monoisotopic (exact) mass is 402 g/mol. The summed E-state index contributed by atoms with van der Waals surface area (Å²) < 4.78 is 46.5. The van der Waals surface area contributed by atoms with Gasteiger partial charge in [-0.25, -0.2) is 0 Å². The van der Waals surface area contributed by atoms with E-state index in [-0.39, 0.29) is 37.7 Å². The SMILES string of the molecule is Cl.Oc1cc(OCc2ccccc2)ccc1[C@H](N1CCNCC1)C(F)(F)F. The molecular formula is C19H22ClF3N2O2. The number of rotatable bonds is 5. The molecule has 4 nitrogen and oxygen atoms in total. The summed E-state index contributed by atoms with van der Waals surface area (Å²) in [6, 6.07) is 11.6. The van der Waals surface area contributed by atoms with E-state index in [1.54, 1.807) is 0 Å². The van der Waals surface area contributed by atoms with Gasteiger partial charge in [-0.3, -0.25) is 4.90 Å². The molecule has 1 saturated heterocycles. The summed E-state index contributed by atoms with van der Waals surface area (Å²) in [4.78, 5) is 1.34. The molecule has 2 aromatic rings. The van der Waals surface area contributed by atoms with E-state index in [1.165, 1.54) is 23.1 Å². The van der Waals surface area contributed by atoms with E-state index in [9.17, 15) is 18.3 Å². The Morgan fingerprint density at radius 1 is 1.07 bits per heavy atom. The molecule has 2 N–H and O–H groups in total. The van der Waals surface area contributed by atoms with E-state index < -0.39 is 18.0 Å². The molecule has 1 heterocycles. The van der Waals surface area contributed by atoms with Crippen molar-refractivity contribution in [3.05, 3.63) is 59.7 Å². The van der Waals surface area contributed by atoms with Crippen LogP contribution in [0.15, 0.2) is 48.5 Å². The molecule has 1 aliphatic heterocycles. The third-order valence-electron chi connectivity index (χ3n) is 4.37. The lowest BCUT2D eigenvalue weighted by Gasteiger charge is -2.36. The fourth-order valence-corrected chi connectivity index (χ4v) is 3.11. The first kappa shape index (κ1) is 21.3. The van der Waals surface area contributed by atoms with Crippen LogP contribution in [0.4, 0.5) is 13.2 Å². The maximum absolute atomic E-state index is 13.6. The molecule has 27 heavy (non-hydrogen) atoms. The number of piperazine rings is 1. The minimum absolute atomic E-state index is 0. The van der Waals surface area contributed by atoms with Crippen molar-refractivity contribution in [2.45, 2.75) is 18.8 Å². The molecule has 2 aromatic carbocycles. The van der Waals surface area contributed by atoms with Gasteiger partial charge in [0.15, 0.2) is 0 Å². The molecule has 8 heteroatoms. The Morgan fingerprint density at radius 2 is 1.74 bits per heavy atom. The highest BCUT2D eigenvalue weighted by Crippen LogP contribution is 2.42. The Kier molecular flexibility index (Phi) is 7.35. The Balaban J connectivity index is 0.00000261. The summed E-state index contributed by atoms with van der Waals surface area (Å²) >= 11 is 0. The average molecular weight is 403 g/mol. The number of ether oxygens (including phenoxy) is 1. The number of halogens is 4. The molecule has 3 rings (SSSR count). The van der Waals surface area contributed by atoms with Crippen LogP contribution in [-0.4, -0.2) is 42.4 Å². The van der Waals surface area contributed by atoms with Gasteiger partial charge >= 0.3 is 6.18 Å². The van der Waals surface area contributed by atoms with Crippen LogP contribution >= 0.6 is 12.4 Å². The second kappa shape index (κ2) is 9.30. The zero-order valence-corrected chi connectivity index (χ0v) is 15.4. The summed E-state index contributed by atoms with van der Waals surface area (Å²) in [5.41, 5.74) is 0.788. The third kappa shape index (κ3) is 5.51. The number of nitrogens with one attached hydrogen (secondary N) is 1. The zero-order chi connectivity index (χ0) is 18.6. The van der Waals surface area contributed by atoms with Crippen LogP contribution in [0.5, 0.6) is 11.5 Å². The summed E-state index contributed by atoms with van der Waals surface area (Å²) in [6.45, 7) is 1.81. The van der Waals surface area contributed by atoms with E-state index in [4.69, 9.17) is 4.74 Å². The number of phenolic OH excluding ortho intramolecular Hbond substituents is 1. The molecule has 0 bridgehead atoms. The Morgan fingerprint density at radius 3 is 2.33 bits per heavy atom. The van der Waals surface area contributed by atoms with Gasteiger partial charge in [0, 0.05) is 37.8 Å². The number of phenols is 1. The minimum Gasteiger partial charge on any atom is -0.507 e. The topological polar surface area (TPSA) is 44.7 Å². The number of hydrogen-bond donors (Lipinski definition) is 2. The van der Waals surface area contributed by atoms with Gasteiger partial charge in [-0.05, 0) is 17.7 Å².